The minimum Gasteiger partial charge on any atom is -0.311 e. The summed E-state index contributed by atoms with van der Waals surface area (Å²) in [6.07, 6.45) is 3.19. The number of benzene rings is 6. The number of fused-ring (bicyclic) bond motifs is 7. The molecule has 11 rings (SSSR count). The van der Waals surface area contributed by atoms with Crippen LogP contribution >= 0.6 is 0 Å². The number of anilines is 6. The van der Waals surface area contributed by atoms with Crippen molar-refractivity contribution in [1.29, 1.82) is 0 Å². The van der Waals surface area contributed by atoms with Crippen LogP contribution in [0.2, 0.25) is 0 Å². The standard InChI is InChI=1S/C62H71BN2/c1-37-26-53-55-54(27-37)65(51-32-46-43(28-38(51)2)57(5,6)35-60(46,11)12)50-25-22-40(62(15,16)39-20-18-17-19-21-39)29-48(50)63(55)49-31-45-47(61(13,14)36-59(45,9)10)33-52(49)64(53)41-23-24-42-44(30-41)58(7,8)34-56(42,3)4/h17-33H,34-36H2,1-16H3/i1D3. The summed E-state index contributed by atoms with van der Waals surface area (Å²) in [5, 5.41) is 0. The van der Waals surface area contributed by atoms with Gasteiger partial charge >= 0.3 is 0 Å². The molecule has 2 aliphatic heterocycles. The third kappa shape index (κ3) is 5.98. The Morgan fingerprint density at radius 3 is 1.57 bits per heavy atom. The molecule has 0 saturated heterocycles. The van der Waals surface area contributed by atoms with Crippen LogP contribution in [0.25, 0.3) is 0 Å². The molecule has 332 valence electrons. The van der Waals surface area contributed by atoms with Gasteiger partial charge in [-0.25, -0.2) is 0 Å². The van der Waals surface area contributed by atoms with Crippen LogP contribution in [-0.4, -0.2) is 6.71 Å². The van der Waals surface area contributed by atoms with E-state index in [1.807, 2.05) is 12.1 Å². The summed E-state index contributed by atoms with van der Waals surface area (Å²) in [5.74, 6) is 0. The average Bonchev–Trinajstić information content (AvgIpc) is 3.64. The van der Waals surface area contributed by atoms with Gasteiger partial charge in [-0.05, 0) is 180 Å². The fourth-order valence-electron chi connectivity index (χ4n) is 14.9. The van der Waals surface area contributed by atoms with Crippen LogP contribution in [0.3, 0.4) is 0 Å². The maximum atomic E-state index is 9.17. The zero-order valence-corrected chi connectivity index (χ0v) is 41.9. The number of aryl methyl sites for hydroxylation is 2. The smallest absolute Gasteiger partial charge is 0.252 e. The van der Waals surface area contributed by atoms with Gasteiger partial charge in [-0.3, -0.25) is 0 Å². The molecule has 0 unspecified atom stereocenters. The van der Waals surface area contributed by atoms with Crippen molar-refractivity contribution in [3.63, 3.8) is 0 Å². The van der Waals surface area contributed by atoms with Gasteiger partial charge < -0.3 is 9.80 Å². The van der Waals surface area contributed by atoms with Crippen molar-refractivity contribution in [3.8, 4) is 0 Å². The number of nitrogens with zero attached hydrogens (tertiary/aromatic N) is 2. The minimum absolute atomic E-state index is 0.0228. The van der Waals surface area contributed by atoms with Crippen LogP contribution in [0, 0.1) is 13.8 Å². The lowest BCUT2D eigenvalue weighted by Crippen LogP contribution is -2.62. The molecule has 2 nitrogen and oxygen atoms in total. The summed E-state index contributed by atoms with van der Waals surface area (Å²) < 4.78 is 27.5. The highest BCUT2D eigenvalue weighted by molar-refractivity contribution is 7.00. The molecule has 3 aliphatic carbocycles. The lowest BCUT2D eigenvalue weighted by molar-refractivity contribution is 0.402. The van der Waals surface area contributed by atoms with Gasteiger partial charge in [0.15, 0.2) is 0 Å². The molecule has 0 spiro atoms. The van der Waals surface area contributed by atoms with Gasteiger partial charge in [-0.2, -0.15) is 0 Å². The lowest BCUT2D eigenvalue weighted by atomic mass is 9.33. The van der Waals surface area contributed by atoms with E-state index in [1.54, 1.807) is 0 Å². The molecule has 0 N–H and O–H groups in total. The average molecular weight is 858 g/mol. The van der Waals surface area contributed by atoms with Gasteiger partial charge in [0, 0.05) is 43.7 Å². The maximum absolute atomic E-state index is 9.17. The van der Waals surface area contributed by atoms with E-state index in [0.717, 1.165) is 53.4 Å². The van der Waals surface area contributed by atoms with E-state index < -0.39 is 6.85 Å². The Hall–Kier alpha value is -5.02. The first-order valence-electron chi connectivity index (χ1n) is 25.9. The Balaban J connectivity index is 1.28. The molecule has 0 aromatic heterocycles. The highest BCUT2D eigenvalue weighted by Gasteiger charge is 2.50. The van der Waals surface area contributed by atoms with E-state index >= 15 is 0 Å². The number of rotatable bonds is 4. The van der Waals surface area contributed by atoms with Crippen molar-refractivity contribution in [1.82, 2.24) is 0 Å². The van der Waals surface area contributed by atoms with Gasteiger partial charge in [0.2, 0.25) is 0 Å². The molecule has 0 radical (unpaired) electrons. The summed E-state index contributed by atoms with van der Waals surface area (Å²) in [5.41, 5.74) is 22.3. The van der Waals surface area contributed by atoms with Crippen LogP contribution in [0.5, 0.6) is 0 Å². The van der Waals surface area contributed by atoms with E-state index in [1.165, 1.54) is 66.5 Å². The van der Waals surface area contributed by atoms with Crippen molar-refractivity contribution >= 4 is 57.2 Å². The molecule has 6 aromatic rings. The summed E-state index contributed by atoms with van der Waals surface area (Å²) >= 11 is 0. The van der Waals surface area contributed by atoms with Gasteiger partial charge in [0.05, 0.1) is 0 Å². The Kier molecular flexibility index (Phi) is 7.90. The Morgan fingerprint density at radius 1 is 0.462 bits per heavy atom. The summed E-state index contributed by atoms with van der Waals surface area (Å²) in [4.78, 5) is 4.94. The normalized spacial score (nSPS) is 21.3. The minimum atomic E-state index is -2.35. The van der Waals surface area contributed by atoms with Gasteiger partial charge in [-0.15, -0.1) is 0 Å². The molecular formula is C62H71BN2. The molecule has 3 heteroatoms. The van der Waals surface area contributed by atoms with Gasteiger partial charge in [-0.1, -0.05) is 158 Å². The van der Waals surface area contributed by atoms with Crippen LogP contribution in [0.15, 0.2) is 103 Å². The van der Waals surface area contributed by atoms with Crippen molar-refractivity contribution in [2.24, 2.45) is 0 Å². The highest BCUT2D eigenvalue weighted by Crippen LogP contribution is 2.56. The van der Waals surface area contributed by atoms with Crippen molar-refractivity contribution in [2.75, 3.05) is 9.80 Å². The van der Waals surface area contributed by atoms with Crippen molar-refractivity contribution in [2.45, 2.75) is 168 Å². The molecule has 5 aliphatic rings. The Labute approximate surface area is 396 Å². The predicted molar refractivity (Wildman–Crippen MR) is 281 cm³/mol. The van der Waals surface area contributed by atoms with E-state index in [4.69, 9.17) is 4.11 Å². The largest absolute Gasteiger partial charge is 0.311 e. The monoisotopic (exact) mass is 858 g/mol. The van der Waals surface area contributed by atoms with Crippen LogP contribution in [0.4, 0.5) is 34.1 Å². The third-order valence-corrected chi connectivity index (χ3v) is 17.3. The number of hydrogen-bond donors (Lipinski definition) is 0. The molecule has 0 saturated carbocycles. The van der Waals surface area contributed by atoms with Crippen molar-refractivity contribution < 1.29 is 4.11 Å². The zero-order valence-electron chi connectivity index (χ0n) is 44.9. The molecule has 0 fully saturated rings. The van der Waals surface area contributed by atoms with Gasteiger partial charge in [0.25, 0.3) is 6.71 Å². The van der Waals surface area contributed by atoms with E-state index in [0.29, 0.717) is 5.56 Å². The summed E-state index contributed by atoms with van der Waals surface area (Å²) in [6.45, 7) is 33.2. The second-order valence-corrected chi connectivity index (χ2v) is 25.5. The molecule has 2 heterocycles. The van der Waals surface area contributed by atoms with E-state index in [-0.39, 0.29) is 44.6 Å². The number of hydrogen-bond acceptors (Lipinski definition) is 2. The Bertz CT molecular complexity index is 3140. The summed E-state index contributed by atoms with van der Waals surface area (Å²) in [6, 6.07) is 39.4. The Morgan fingerprint density at radius 2 is 0.969 bits per heavy atom. The molecule has 0 amide bonds. The van der Waals surface area contributed by atoms with Crippen molar-refractivity contribution in [3.05, 3.63) is 159 Å². The first kappa shape index (κ1) is 39.2. The fraction of sp³-hybridized carbons (Fsp3) is 0.419. The SMILES string of the molecule is [2H]C([2H])([2H])c1cc2c3c(c1)N(c1cc4c(cc1C)C(C)(C)CC4(C)C)c1ccc(C(C)(C)c4ccccc4)cc1B3c1cc3c(cc1N2c1ccc2c(c1)C(C)(C)CC2(C)C)C(C)(C)CC3(C)C. The first-order valence-corrected chi connectivity index (χ1v) is 24.4. The predicted octanol–water partition coefficient (Wildman–Crippen LogP) is 14.6. The van der Waals surface area contributed by atoms with E-state index in [9.17, 15) is 0 Å². The molecule has 6 aromatic carbocycles. The second kappa shape index (κ2) is 13.1. The van der Waals surface area contributed by atoms with Gasteiger partial charge in [0.1, 0.15) is 0 Å². The van der Waals surface area contributed by atoms with Crippen LogP contribution < -0.4 is 26.2 Å². The first-order chi connectivity index (χ1) is 31.4. The second-order valence-electron chi connectivity index (χ2n) is 25.5. The fourth-order valence-corrected chi connectivity index (χ4v) is 14.9. The highest BCUT2D eigenvalue weighted by atomic mass is 15.2. The third-order valence-electron chi connectivity index (χ3n) is 17.3. The zero-order chi connectivity index (χ0) is 48.8. The van der Waals surface area contributed by atoms with Crippen LogP contribution in [-0.2, 0) is 37.9 Å². The van der Waals surface area contributed by atoms with E-state index in [2.05, 4.69) is 205 Å². The lowest BCUT2D eigenvalue weighted by Gasteiger charge is -2.46. The quantitative estimate of drug-likeness (QED) is 0.163. The molecule has 65 heavy (non-hydrogen) atoms. The molecular weight excluding hydrogens is 784 g/mol. The maximum Gasteiger partial charge on any atom is 0.252 e. The topological polar surface area (TPSA) is 6.48 Å². The molecule has 0 atom stereocenters. The van der Waals surface area contributed by atoms with Crippen LogP contribution in [0.1, 0.15) is 176 Å². The molecule has 0 bridgehead atoms. The summed E-state index contributed by atoms with van der Waals surface area (Å²) in [7, 11) is 0.